The molecule has 1 atom stereocenters. The average Bonchev–Trinajstić information content (AvgIpc) is 2.93. The minimum Gasteiger partial charge on any atom is -0.320 e. The second kappa shape index (κ2) is 7.21. The van der Waals surface area contributed by atoms with Crippen molar-refractivity contribution in [1.29, 1.82) is 0 Å². The number of rotatable bonds is 5. The number of benzene rings is 1. The molecule has 23 heavy (non-hydrogen) atoms. The van der Waals surface area contributed by atoms with Gasteiger partial charge in [-0.1, -0.05) is 32.0 Å². The van der Waals surface area contributed by atoms with Gasteiger partial charge in [0, 0.05) is 12.6 Å². The van der Waals surface area contributed by atoms with E-state index in [-0.39, 0.29) is 6.04 Å². The van der Waals surface area contributed by atoms with E-state index in [2.05, 4.69) is 10.4 Å². The Bertz CT molecular complexity index is 734. The van der Waals surface area contributed by atoms with Crippen molar-refractivity contribution in [3.63, 3.8) is 0 Å². The molecular formula is C16H23N5O2. The Morgan fingerprint density at radius 3 is 2.57 bits per heavy atom. The Hall–Kier alpha value is -2.44. The normalized spacial score (nSPS) is 12.2. The number of aromatic nitrogens is 4. The molecule has 0 aliphatic rings. The number of nitrogens with zero attached hydrogens (tertiary/aromatic N) is 5. The summed E-state index contributed by atoms with van der Waals surface area (Å²) in [5.41, 5.74) is 0.970. The molecule has 1 unspecified atom stereocenters. The lowest BCUT2D eigenvalue weighted by molar-refractivity contribution is 0.174. The third-order valence-corrected chi connectivity index (χ3v) is 3.94. The van der Waals surface area contributed by atoms with Crippen LogP contribution in [0.3, 0.4) is 0 Å². The molecule has 0 aliphatic carbocycles. The third kappa shape index (κ3) is 3.33. The zero-order valence-electron chi connectivity index (χ0n) is 14.1. The Morgan fingerprint density at radius 2 is 1.96 bits per heavy atom. The monoisotopic (exact) mass is 317 g/mol. The van der Waals surface area contributed by atoms with Gasteiger partial charge >= 0.3 is 11.7 Å². The highest BCUT2D eigenvalue weighted by Gasteiger charge is 2.24. The van der Waals surface area contributed by atoms with E-state index in [0.29, 0.717) is 12.2 Å². The van der Waals surface area contributed by atoms with Gasteiger partial charge in [0.05, 0.1) is 5.69 Å². The molecular weight excluding hydrogens is 294 g/mol. The molecule has 1 amide bonds. The molecule has 0 saturated heterocycles. The van der Waals surface area contributed by atoms with Gasteiger partial charge < -0.3 is 4.90 Å². The van der Waals surface area contributed by atoms with Crippen LogP contribution in [0.1, 0.15) is 39.2 Å². The quantitative estimate of drug-likeness (QED) is 0.793. The fraction of sp³-hybridized carbons (Fsp3) is 0.500. The lowest BCUT2D eigenvalue weighted by atomic mass is 10.2. The van der Waals surface area contributed by atoms with Gasteiger partial charge in [0.2, 0.25) is 0 Å². The van der Waals surface area contributed by atoms with Gasteiger partial charge in [-0.25, -0.2) is 9.59 Å². The smallest absolute Gasteiger partial charge is 0.320 e. The molecule has 7 heteroatoms. The minimum absolute atomic E-state index is 0.0398. The van der Waals surface area contributed by atoms with Crippen molar-refractivity contribution in [1.82, 2.24) is 24.7 Å². The van der Waals surface area contributed by atoms with E-state index in [1.807, 2.05) is 45.9 Å². The van der Waals surface area contributed by atoms with Gasteiger partial charge in [-0.15, -0.1) is 4.68 Å². The SMILES string of the molecule is CCCN(C(=O)n1nnn(-c2ccccc2C)c1=O)C(C)CC. The molecule has 0 aliphatic heterocycles. The summed E-state index contributed by atoms with van der Waals surface area (Å²) in [6, 6.07) is 6.97. The number of aryl methyl sites for hydroxylation is 1. The number of carbonyl (C=O) groups is 1. The molecule has 1 aromatic heterocycles. The molecule has 0 saturated carbocycles. The third-order valence-electron chi connectivity index (χ3n) is 3.94. The zero-order valence-corrected chi connectivity index (χ0v) is 14.1. The number of amides is 1. The van der Waals surface area contributed by atoms with Crippen LogP contribution in [0.4, 0.5) is 4.79 Å². The van der Waals surface area contributed by atoms with Gasteiger partial charge in [-0.3, -0.25) is 0 Å². The lowest BCUT2D eigenvalue weighted by Crippen LogP contribution is -2.45. The van der Waals surface area contributed by atoms with E-state index in [4.69, 9.17) is 0 Å². The molecule has 7 nitrogen and oxygen atoms in total. The second-order valence-electron chi connectivity index (χ2n) is 5.60. The summed E-state index contributed by atoms with van der Waals surface area (Å²) in [5, 5.41) is 7.64. The highest BCUT2D eigenvalue weighted by molar-refractivity contribution is 5.75. The summed E-state index contributed by atoms with van der Waals surface area (Å²) < 4.78 is 2.00. The minimum atomic E-state index is -0.547. The van der Waals surface area contributed by atoms with E-state index in [1.54, 1.807) is 11.0 Å². The first-order valence-electron chi connectivity index (χ1n) is 7.93. The maximum absolute atomic E-state index is 12.7. The summed E-state index contributed by atoms with van der Waals surface area (Å²) in [4.78, 5) is 26.9. The number of hydrogen-bond acceptors (Lipinski definition) is 4. The van der Waals surface area contributed by atoms with Crippen LogP contribution in [-0.4, -0.2) is 43.3 Å². The summed E-state index contributed by atoms with van der Waals surface area (Å²) in [7, 11) is 0. The van der Waals surface area contributed by atoms with Crippen LogP contribution in [0.5, 0.6) is 0 Å². The summed E-state index contributed by atoms with van der Waals surface area (Å²) in [5.74, 6) is 0. The molecule has 0 N–H and O–H groups in total. The molecule has 1 aromatic carbocycles. The number of carbonyl (C=O) groups excluding carboxylic acids is 1. The van der Waals surface area contributed by atoms with Gasteiger partial charge in [0.1, 0.15) is 0 Å². The van der Waals surface area contributed by atoms with Gasteiger partial charge in [-0.2, -0.15) is 4.68 Å². The van der Waals surface area contributed by atoms with Gasteiger partial charge in [0.15, 0.2) is 0 Å². The number of hydrogen-bond donors (Lipinski definition) is 0. The molecule has 2 aromatic rings. The zero-order chi connectivity index (χ0) is 17.0. The first kappa shape index (κ1) is 16.9. The molecule has 124 valence electrons. The van der Waals surface area contributed by atoms with Crippen LogP contribution in [0, 0.1) is 6.92 Å². The van der Waals surface area contributed by atoms with Crippen molar-refractivity contribution < 1.29 is 4.79 Å². The topological polar surface area (TPSA) is 73.0 Å². The van der Waals surface area contributed by atoms with Crippen molar-refractivity contribution in [3.8, 4) is 5.69 Å². The Labute approximate surface area is 135 Å². The summed E-state index contributed by atoms with van der Waals surface area (Å²) in [6.07, 6.45) is 1.63. The van der Waals surface area contributed by atoms with Crippen molar-refractivity contribution in [3.05, 3.63) is 40.3 Å². The van der Waals surface area contributed by atoms with E-state index in [0.717, 1.165) is 27.8 Å². The van der Waals surface area contributed by atoms with Crippen LogP contribution >= 0.6 is 0 Å². The molecule has 0 fully saturated rings. The van der Waals surface area contributed by atoms with Crippen LogP contribution in [-0.2, 0) is 0 Å². The van der Waals surface area contributed by atoms with Crippen molar-refractivity contribution in [2.45, 2.75) is 46.6 Å². The molecule has 0 radical (unpaired) electrons. The van der Waals surface area contributed by atoms with Crippen molar-refractivity contribution >= 4 is 6.03 Å². The fourth-order valence-corrected chi connectivity index (χ4v) is 2.41. The fourth-order valence-electron chi connectivity index (χ4n) is 2.41. The van der Waals surface area contributed by atoms with Gasteiger partial charge in [0.25, 0.3) is 0 Å². The Kier molecular flexibility index (Phi) is 5.31. The van der Waals surface area contributed by atoms with Crippen molar-refractivity contribution in [2.75, 3.05) is 6.54 Å². The second-order valence-corrected chi connectivity index (χ2v) is 5.60. The predicted octanol–water partition coefficient (Wildman–Crippen LogP) is 2.22. The van der Waals surface area contributed by atoms with Crippen molar-refractivity contribution in [2.24, 2.45) is 0 Å². The van der Waals surface area contributed by atoms with E-state index in [1.165, 1.54) is 0 Å². The van der Waals surface area contributed by atoms with E-state index < -0.39 is 11.7 Å². The first-order valence-corrected chi connectivity index (χ1v) is 7.93. The van der Waals surface area contributed by atoms with Crippen LogP contribution < -0.4 is 5.69 Å². The van der Waals surface area contributed by atoms with E-state index in [9.17, 15) is 9.59 Å². The molecule has 1 heterocycles. The van der Waals surface area contributed by atoms with Crippen LogP contribution in [0.25, 0.3) is 5.69 Å². The van der Waals surface area contributed by atoms with Crippen LogP contribution in [0.2, 0.25) is 0 Å². The Morgan fingerprint density at radius 1 is 1.26 bits per heavy atom. The standard InChI is InChI=1S/C16H23N5O2/c1-5-11-19(13(4)6-2)15(22)21-16(23)20(17-18-21)14-10-8-7-9-12(14)3/h7-10,13H,5-6,11H2,1-4H3. The number of para-hydroxylation sites is 1. The predicted molar refractivity (Wildman–Crippen MR) is 87.9 cm³/mol. The Balaban J connectivity index is 2.40. The summed E-state index contributed by atoms with van der Waals surface area (Å²) >= 11 is 0. The average molecular weight is 317 g/mol. The maximum atomic E-state index is 12.7. The molecule has 0 spiro atoms. The molecule has 0 bridgehead atoms. The van der Waals surface area contributed by atoms with Gasteiger partial charge in [-0.05, 0) is 48.7 Å². The molecule has 2 rings (SSSR count). The largest absolute Gasteiger partial charge is 0.377 e. The van der Waals surface area contributed by atoms with E-state index >= 15 is 0 Å². The first-order chi connectivity index (χ1) is 11.0. The highest BCUT2D eigenvalue weighted by Crippen LogP contribution is 2.10. The lowest BCUT2D eigenvalue weighted by Gasteiger charge is -2.26. The highest BCUT2D eigenvalue weighted by atomic mass is 16.2. The van der Waals surface area contributed by atoms with Crippen LogP contribution in [0.15, 0.2) is 29.1 Å². The maximum Gasteiger partial charge on any atom is 0.377 e. The number of tetrazole rings is 1. The summed E-state index contributed by atoms with van der Waals surface area (Å²) in [6.45, 7) is 8.43.